The Labute approximate surface area is 148 Å². The van der Waals surface area contributed by atoms with Gasteiger partial charge in [0.05, 0.1) is 19.0 Å². The molecule has 2 N–H and O–H groups in total. The van der Waals surface area contributed by atoms with E-state index in [4.69, 9.17) is 19.1 Å². The number of aliphatic hydroxyl groups is 1. The molecule has 0 amide bonds. The van der Waals surface area contributed by atoms with Crippen LogP contribution in [0.5, 0.6) is 11.5 Å². The number of benzene rings is 1. The second kappa shape index (κ2) is 10.4. The lowest BCUT2D eigenvalue weighted by atomic mass is 10.0. The second-order valence-electron chi connectivity index (χ2n) is 5.68. The zero-order valence-corrected chi connectivity index (χ0v) is 15.5. The molecule has 0 heterocycles. The number of carbonyl (C=O) groups excluding carboxylic acids is 1. The number of carbonyl (C=O) groups is 1. The van der Waals surface area contributed by atoms with Crippen LogP contribution >= 0.6 is 0 Å². The smallest absolute Gasteiger partial charge is 0.264 e. The fraction of sp³-hybridized carbons (Fsp3) is 0.588. The molecule has 0 radical (unpaired) electrons. The third-order valence-corrected chi connectivity index (χ3v) is 4.28. The maximum absolute atomic E-state index is 12.2. The third kappa shape index (κ3) is 7.85. The van der Waals surface area contributed by atoms with Gasteiger partial charge in [-0.15, -0.1) is 0 Å². The van der Waals surface area contributed by atoms with Crippen LogP contribution in [0.3, 0.4) is 0 Å². The quantitative estimate of drug-likeness (QED) is 0.328. The molecule has 0 fully saturated rings. The van der Waals surface area contributed by atoms with E-state index in [0.717, 1.165) is 6.42 Å². The minimum Gasteiger partial charge on any atom is -0.493 e. The first-order valence-electron chi connectivity index (χ1n) is 8.28. The zero-order chi connectivity index (χ0) is 18.9. The van der Waals surface area contributed by atoms with Gasteiger partial charge < -0.3 is 14.6 Å². The van der Waals surface area contributed by atoms with Crippen molar-refractivity contribution in [3.05, 3.63) is 23.3 Å². The molecule has 1 aromatic rings. The van der Waals surface area contributed by atoms with Crippen molar-refractivity contribution in [3.63, 3.8) is 0 Å². The highest BCUT2D eigenvalue weighted by Crippen LogP contribution is 2.31. The van der Waals surface area contributed by atoms with Crippen molar-refractivity contribution in [2.45, 2.75) is 39.5 Å². The van der Waals surface area contributed by atoms with Crippen LogP contribution in [0.4, 0.5) is 0 Å². The summed E-state index contributed by atoms with van der Waals surface area (Å²) in [6, 6.07) is 3.29. The number of hydrogen-bond donors (Lipinski definition) is 2. The van der Waals surface area contributed by atoms with E-state index in [9.17, 15) is 13.2 Å². The Bertz CT molecular complexity index is 668. The normalized spacial score (nSPS) is 11.4. The second-order valence-corrected chi connectivity index (χ2v) is 7.26. The summed E-state index contributed by atoms with van der Waals surface area (Å²) in [5, 5.41) is 8.86. The van der Waals surface area contributed by atoms with E-state index >= 15 is 0 Å². The van der Waals surface area contributed by atoms with Crippen molar-refractivity contribution in [2.75, 3.05) is 25.6 Å². The van der Waals surface area contributed by atoms with E-state index in [0.29, 0.717) is 42.1 Å². The van der Waals surface area contributed by atoms with Gasteiger partial charge in [0.1, 0.15) is 11.5 Å². The highest BCUT2D eigenvalue weighted by Gasteiger charge is 2.14. The Kier molecular flexibility index (Phi) is 8.88. The van der Waals surface area contributed by atoms with Gasteiger partial charge in [-0.05, 0) is 31.9 Å². The molecule has 0 saturated heterocycles. The Hall–Kier alpha value is -1.64. The highest BCUT2D eigenvalue weighted by molar-refractivity contribution is 7.85. The summed E-state index contributed by atoms with van der Waals surface area (Å²) in [5.41, 5.74) is 1.16. The predicted octanol–water partition coefficient (Wildman–Crippen LogP) is 2.40. The van der Waals surface area contributed by atoms with Crippen molar-refractivity contribution in [3.8, 4) is 11.5 Å². The molecule has 0 spiro atoms. The molecule has 0 unspecified atom stereocenters. The zero-order valence-electron chi connectivity index (χ0n) is 14.7. The molecule has 0 aliphatic rings. The lowest BCUT2D eigenvalue weighted by Crippen LogP contribution is -2.10. The van der Waals surface area contributed by atoms with Crippen LogP contribution in [0.25, 0.3) is 0 Å². The van der Waals surface area contributed by atoms with Gasteiger partial charge in [-0.25, -0.2) is 0 Å². The van der Waals surface area contributed by atoms with Gasteiger partial charge >= 0.3 is 0 Å². The number of Topliss-reactive ketones (excluding diaryl/α,β-unsaturated/α-hetero) is 1. The Balaban J connectivity index is 2.93. The molecule has 0 bridgehead atoms. The van der Waals surface area contributed by atoms with Gasteiger partial charge in [-0.1, -0.05) is 6.92 Å². The lowest BCUT2D eigenvalue weighted by Gasteiger charge is -2.15. The van der Waals surface area contributed by atoms with E-state index in [2.05, 4.69) is 0 Å². The van der Waals surface area contributed by atoms with Gasteiger partial charge in [-0.2, -0.15) is 8.42 Å². The molecule has 0 atom stereocenters. The summed E-state index contributed by atoms with van der Waals surface area (Å²) < 4.78 is 41.4. The van der Waals surface area contributed by atoms with Gasteiger partial charge in [0.25, 0.3) is 10.1 Å². The van der Waals surface area contributed by atoms with E-state index in [1.165, 1.54) is 0 Å². The average molecular weight is 374 g/mol. The maximum Gasteiger partial charge on any atom is 0.264 e. The molecule has 1 aromatic carbocycles. The van der Waals surface area contributed by atoms with Gasteiger partial charge in [0.2, 0.25) is 0 Å². The third-order valence-electron chi connectivity index (χ3n) is 3.48. The number of rotatable bonds is 12. The molecule has 25 heavy (non-hydrogen) atoms. The summed E-state index contributed by atoms with van der Waals surface area (Å²) in [6.45, 7) is 4.09. The standard InChI is InChI=1S/C17H26O7S/c1-3-6-15(19)14-11-16(23-8-4-7-18)13(2)17(12-14)24-9-5-10-25(20,21)22/h11-12,18H,3-10H2,1-2H3,(H,20,21,22). The molecule has 0 aliphatic carbocycles. The number of ketones is 1. The van der Waals surface area contributed by atoms with E-state index in [1.807, 2.05) is 6.92 Å². The number of aliphatic hydroxyl groups excluding tert-OH is 1. The van der Waals surface area contributed by atoms with Crippen LogP contribution < -0.4 is 9.47 Å². The molecule has 142 valence electrons. The fourth-order valence-electron chi connectivity index (χ4n) is 2.16. The van der Waals surface area contributed by atoms with E-state index in [1.54, 1.807) is 19.1 Å². The molecule has 0 aromatic heterocycles. The van der Waals surface area contributed by atoms with Gasteiger partial charge in [-0.3, -0.25) is 9.35 Å². The summed E-state index contributed by atoms with van der Waals surface area (Å²) in [6.07, 6.45) is 1.72. The minimum absolute atomic E-state index is 0.00644. The largest absolute Gasteiger partial charge is 0.493 e. The van der Waals surface area contributed by atoms with Gasteiger partial charge in [0.15, 0.2) is 5.78 Å². The maximum atomic E-state index is 12.2. The summed E-state index contributed by atoms with van der Waals surface area (Å²) in [4.78, 5) is 12.2. The minimum atomic E-state index is -4.02. The van der Waals surface area contributed by atoms with Crippen molar-refractivity contribution in [2.24, 2.45) is 0 Å². The highest BCUT2D eigenvalue weighted by atomic mass is 32.2. The molecule has 0 saturated carbocycles. The lowest BCUT2D eigenvalue weighted by molar-refractivity contribution is 0.0980. The first-order valence-corrected chi connectivity index (χ1v) is 9.89. The average Bonchev–Trinajstić information content (AvgIpc) is 2.53. The summed E-state index contributed by atoms with van der Waals surface area (Å²) >= 11 is 0. The molecular weight excluding hydrogens is 348 g/mol. The van der Waals surface area contributed by atoms with Crippen molar-refractivity contribution in [1.29, 1.82) is 0 Å². The summed E-state index contributed by atoms with van der Waals surface area (Å²) in [7, 11) is -4.02. The number of ether oxygens (including phenoxy) is 2. The molecule has 0 aliphatic heterocycles. The van der Waals surface area contributed by atoms with Crippen LogP contribution in [-0.4, -0.2) is 49.4 Å². The van der Waals surface area contributed by atoms with Gasteiger partial charge in [0, 0.05) is 30.6 Å². The Morgan fingerprint density at radius 3 is 2.16 bits per heavy atom. The monoisotopic (exact) mass is 374 g/mol. The SMILES string of the molecule is CCCC(=O)c1cc(OCCCO)c(C)c(OCCCS(=O)(=O)O)c1. The van der Waals surface area contributed by atoms with Crippen molar-refractivity contribution >= 4 is 15.9 Å². The molecule has 7 nitrogen and oxygen atoms in total. The van der Waals surface area contributed by atoms with Crippen molar-refractivity contribution in [1.82, 2.24) is 0 Å². The topological polar surface area (TPSA) is 110 Å². The van der Waals surface area contributed by atoms with Crippen molar-refractivity contribution < 1.29 is 32.3 Å². The van der Waals surface area contributed by atoms with Crippen LogP contribution in [0, 0.1) is 6.92 Å². The molecule has 8 heteroatoms. The predicted molar refractivity (Wildman–Crippen MR) is 94.1 cm³/mol. The fourth-order valence-corrected chi connectivity index (χ4v) is 2.65. The van der Waals surface area contributed by atoms with Crippen LogP contribution in [0.1, 0.15) is 48.5 Å². The van der Waals surface area contributed by atoms with E-state index in [-0.39, 0.29) is 31.2 Å². The first kappa shape index (κ1) is 21.4. The Morgan fingerprint density at radius 2 is 1.68 bits per heavy atom. The van der Waals surface area contributed by atoms with E-state index < -0.39 is 10.1 Å². The molecular formula is C17H26O7S. The van der Waals surface area contributed by atoms with Crippen LogP contribution in [-0.2, 0) is 10.1 Å². The van der Waals surface area contributed by atoms with Crippen LogP contribution in [0.2, 0.25) is 0 Å². The number of hydrogen-bond acceptors (Lipinski definition) is 6. The van der Waals surface area contributed by atoms with Crippen LogP contribution in [0.15, 0.2) is 12.1 Å². The molecule has 1 rings (SSSR count). The Morgan fingerprint density at radius 1 is 1.12 bits per heavy atom. The summed E-state index contributed by atoms with van der Waals surface area (Å²) in [5.74, 6) is 0.522. The first-order chi connectivity index (χ1) is 11.8.